The van der Waals surface area contributed by atoms with Gasteiger partial charge < -0.3 is 0 Å². The molecule has 1 unspecified atom stereocenters. The maximum Gasteiger partial charge on any atom is 0.397 e. The molecule has 0 amide bonds. The van der Waals surface area contributed by atoms with E-state index in [1.54, 1.807) is 0 Å². The van der Waals surface area contributed by atoms with E-state index >= 15 is 0 Å². The lowest BCUT2D eigenvalue weighted by Crippen LogP contribution is -2.33. The SMILES string of the molecule is CC1(C(F)(F)F)C=CC=[C]C1. The summed E-state index contributed by atoms with van der Waals surface area (Å²) in [4.78, 5) is 0. The number of allylic oxidation sites excluding steroid dienone is 4. The van der Waals surface area contributed by atoms with Crippen LogP contribution in [0.25, 0.3) is 0 Å². The van der Waals surface area contributed by atoms with Crippen molar-refractivity contribution in [3.05, 3.63) is 24.3 Å². The summed E-state index contributed by atoms with van der Waals surface area (Å²) in [6.07, 6.45) is 2.38. The first-order valence-corrected chi connectivity index (χ1v) is 3.27. The van der Waals surface area contributed by atoms with Crippen molar-refractivity contribution < 1.29 is 13.2 Å². The van der Waals surface area contributed by atoms with Gasteiger partial charge in [-0.15, -0.1) is 0 Å². The Morgan fingerprint density at radius 3 is 2.36 bits per heavy atom. The molecule has 0 spiro atoms. The van der Waals surface area contributed by atoms with Gasteiger partial charge in [0, 0.05) is 0 Å². The Kier molecular flexibility index (Phi) is 1.82. The molecular formula is C8H8F3. The summed E-state index contributed by atoms with van der Waals surface area (Å²) >= 11 is 0. The summed E-state index contributed by atoms with van der Waals surface area (Å²) in [6.45, 7) is 1.17. The Morgan fingerprint density at radius 1 is 1.45 bits per heavy atom. The van der Waals surface area contributed by atoms with Gasteiger partial charge in [0.2, 0.25) is 0 Å². The zero-order chi connectivity index (χ0) is 8.54. The molecule has 11 heavy (non-hydrogen) atoms. The molecule has 0 nitrogen and oxygen atoms in total. The van der Waals surface area contributed by atoms with Crippen LogP contribution in [0.2, 0.25) is 0 Å². The van der Waals surface area contributed by atoms with Crippen molar-refractivity contribution in [2.75, 3.05) is 0 Å². The molecule has 1 rings (SSSR count). The second kappa shape index (κ2) is 2.40. The van der Waals surface area contributed by atoms with Crippen LogP contribution in [0.3, 0.4) is 0 Å². The lowest BCUT2D eigenvalue weighted by atomic mass is 9.83. The molecule has 0 aromatic rings. The maximum absolute atomic E-state index is 12.2. The summed E-state index contributed by atoms with van der Waals surface area (Å²) in [5, 5.41) is 0. The monoisotopic (exact) mass is 161 g/mol. The number of rotatable bonds is 0. The highest BCUT2D eigenvalue weighted by atomic mass is 19.4. The Bertz CT molecular complexity index is 200. The average molecular weight is 161 g/mol. The molecule has 3 heteroatoms. The first kappa shape index (κ1) is 8.37. The molecule has 1 aliphatic rings. The molecule has 0 bridgehead atoms. The van der Waals surface area contributed by atoms with Gasteiger partial charge in [0.25, 0.3) is 0 Å². The van der Waals surface area contributed by atoms with Gasteiger partial charge in [-0.1, -0.05) is 18.2 Å². The van der Waals surface area contributed by atoms with Crippen LogP contribution in [0.1, 0.15) is 13.3 Å². The summed E-state index contributed by atoms with van der Waals surface area (Å²) < 4.78 is 36.7. The van der Waals surface area contributed by atoms with Gasteiger partial charge in [-0.3, -0.25) is 0 Å². The van der Waals surface area contributed by atoms with Crippen LogP contribution in [0.15, 0.2) is 18.2 Å². The third kappa shape index (κ3) is 1.47. The fourth-order valence-electron chi connectivity index (χ4n) is 0.853. The zero-order valence-corrected chi connectivity index (χ0v) is 6.07. The van der Waals surface area contributed by atoms with Crippen LogP contribution in [-0.4, -0.2) is 6.18 Å². The molecule has 0 saturated heterocycles. The van der Waals surface area contributed by atoms with E-state index in [9.17, 15) is 13.2 Å². The van der Waals surface area contributed by atoms with E-state index < -0.39 is 11.6 Å². The minimum atomic E-state index is -4.16. The third-order valence-corrected chi connectivity index (χ3v) is 1.80. The van der Waals surface area contributed by atoms with Crippen molar-refractivity contribution in [3.63, 3.8) is 0 Å². The first-order chi connectivity index (χ1) is 4.96. The maximum atomic E-state index is 12.2. The lowest BCUT2D eigenvalue weighted by Gasteiger charge is -2.28. The van der Waals surface area contributed by atoms with E-state index in [2.05, 4.69) is 6.08 Å². The largest absolute Gasteiger partial charge is 0.397 e. The van der Waals surface area contributed by atoms with Crippen molar-refractivity contribution >= 4 is 0 Å². The molecule has 0 N–H and O–H groups in total. The van der Waals surface area contributed by atoms with E-state index in [-0.39, 0.29) is 6.42 Å². The van der Waals surface area contributed by atoms with Gasteiger partial charge in [-0.05, 0) is 19.4 Å². The minimum absolute atomic E-state index is 0.0764. The van der Waals surface area contributed by atoms with Crippen molar-refractivity contribution in [2.45, 2.75) is 19.5 Å². The fourth-order valence-corrected chi connectivity index (χ4v) is 0.853. The van der Waals surface area contributed by atoms with Crippen molar-refractivity contribution in [1.29, 1.82) is 0 Å². The van der Waals surface area contributed by atoms with E-state index in [0.29, 0.717) is 0 Å². The second-order valence-electron chi connectivity index (χ2n) is 2.82. The molecule has 1 radical (unpaired) electrons. The highest BCUT2D eigenvalue weighted by Gasteiger charge is 2.48. The van der Waals surface area contributed by atoms with Crippen LogP contribution >= 0.6 is 0 Å². The second-order valence-corrected chi connectivity index (χ2v) is 2.82. The summed E-state index contributed by atoms with van der Waals surface area (Å²) in [5.74, 6) is 0. The van der Waals surface area contributed by atoms with Gasteiger partial charge in [0.15, 0.2) is 0 Å². The standard InChI is InChI=1S/C8H8F3/c1-7(8(9,10)11)5-3-2-4-6-7/h2-3,5H,6H2,1H3. The molecule has 0 aromatic heterocycles. The summed E-state index contributed by atoms with van der Waals surface area (Å²) in [5.41, 5.74) is -1.71. The van der Waals surface area contributed by atoms with E-state index in [1.165, 1.54) is 25.2 Å². The highest BCUT2D eigenvalue weighted by Crippen LogP contribution is 2.43. The molecule has 0 aromatic carbocycles. The predicted octanol–water partition coefficient (Wildman–Crippen LogP) is 2.87. The van der Waals surface area contributed by atoms with E-state index in [1.807, 2.05) is 0 Å². The molecule has 0 saturated carbocycles. The topological polar surface area (TPSA) is 0 Å². The molecule has 0 fully saturated rings. The Morgan fingerprint density at radius 2 is 2.09 bits per heavy atom. The van der Waals surface area contributed by atoms with Crippen LogP contribution < -0.4 is 0 Å². The van der Waals surface area contributed by atoms with Crippen LogP contribution in [-0.2, 0) is 0 Å². The van der Waals surface area contributed by atoms with Crippen LogP contribution in [0.5, 0.6) is 0 Å². The van der Waals surface area contributed by atoms with Gasteiger partial charge >= 0.3 is 6.18 Å². The highest BCUT2D eigenvalue weighted by molar-refractivity contribution is 5.14. The van der Waals surface area contributed by atoms with Crippen molar-refractivity contribution in [2.24, 2.45) is 5.41 Å². The van der Waals surface area contributed by atoms with Gasteiger partial charge in [0.05, 0.1) is 5.41 Å². The number of hydrogen-bond donors (Lipinski definition) is 0. The van der Waals surface area contributed by atoms with Crippen LogP contribution in [0.4, 0.5) is 13.2 Å². The zero-order valence-electron chi connectivity index (χ0n) is 6.07. The smallest absolute Gasteiger partial charge is 0.170 e. The fraction of sp³-hybridized carbons (Fsp3) is 0.500. The Balaban J connectivity index is 2.84. The lowest BCUT2D eigenvalue weighted by molar-refractivity contribution is -0.199. The van der Waals surface area contributed by atoms with E-state index in [0.717, 1.165) is 0 Å². The normalized spacial score (nSPS) is 30.9. The van der Waals surface area contributed by atoms with Gasteiger partial charge in [-0.25, -0.2) is 0 Å². The predicted molar refractivity (Wildman–Crippen MR) is 35.7 cm³/mol. The summed E-state index contributed by atoms with van der Waals surface area (Å²) in [7, 11) is 0. The average Bonchev–Trinajstić information content (AvgIpc) is 1.87. The molecular weight excluding hydrogens is 153 g/mol. The third-order valence-electron chi connectivity index (χ3n) is 1.80. The van der Waals surface area contributed by atoms with Gasteiger partial charge in [-0.2, -0.15) is 13.2 Å². The van der Waals surface area contributed by atoms with Crippen molar-refractivity contribution in [1.82, 2.24) is 0 Å². The Labute approximate surface area is 63.4 Å². The molecule has 0 aliphatic heterocycles. The number of alkyl halides is 3. The number of halogens is 3. The van der Waals surface area contributed by atoms with E-state index in [4.69, 9.17) is 0 Å². The van der Waals surface area contributed by atoms with Gasteiger partial charge in [0.1, 0.15) is 0 Å². The quantitative estimate of drug-likeness (QED) is 0.512. The number of hydrogen-bond acceptors (Lipinski definition) is 0. The minimum Gasteiger partial charge on any atom is -0.170 e. The Hall–Kier alpha value is -0.730. The summed E-state index contributed by atoms with van der Waals surface area (Å²) in [6, 6.07) is 0. The molecule has 1 aliphatic carbocycles. The van der Waals surface area contributed by atoms with Crippen LogP contribution in [0, 0.1) is 11.5 Å². The molecule has 0 heterocycles. The van der Waals surface area contributed by atoms with Crippen molar-refractivity contribution in [3.8, 4) is 0 Å². The molecule has 61 valence electrons. The first-order valence-electron chi connectivity index (χ1n) is 3.27. The molecule has 1 atom stereocenters.